The van der Waals surface area contributed by atoms with Crippen molar-refractivity contribution in [3.05, 3.63) is 191 Å². The Morgan fingerprint density at radius 3 is 1.31 bits per heavy atom. The maximum atomic E-state index is 12.0. The molecule has 7 unspecified atom stereocenters. The van der Waals surface area contributed by atoms with E-state index in [4.69, 9.17) is 47.4 Å². The summed E-state index contributed by atoms with van der Waals surface area (Å²) in [5.41, 5.74) is 8.48. The molecule has 0 saturated heterocycles. The molecule has 6 aromatic rings. The van der Waals surface area contributed by atoms with E-state index in [1.165, 1.54) is 62.0 Å². The Balaban J connectivity index is 0.975. The first-order chi connectivity index (χ1) is 46.5. The van der Waals surface area contributed by atoms with E-state index in [2.05, 4.69) is 114 Å². The van der Waals surface area contributed by atoms with Crippen molar-refractivity contribution in [3.8, 4) is 34.8 Å². The summed E-state index contributed by atoms with van der Waals surface area (Å²) in [5, 5.41) is 18.9. The van der Waals surface area contributed by atoms with Gasteiger partial charge in [0, 0.05) is 50.0 Å². The highest BCUT2D eigenvalue weighted by molar-refractivity contribution is 5.98. The normalized spacial score (nSPS) is 15.2. The zero-order valence-corrected chi connectivity index (χ0v) is 57.5. The number of carbonyl (C=O) groups excluding carboxylic acids is 3. The number of esters is 3. The molecule has 1 fully saturated rings. The third kappa shape index (κ3) is 22.4. The van der Waals surface area contributed by atoms with Crippen molar-refractivity contribution in [3.63, 3.8) is 0 Å². The molecule has 17 nitrogen and oxygen atoms in total. The standard InChI is InChI=1S/C79H96N4O13/c1-11-89-44-42-82(73-34-22-63(23-35-73)46-67(48-80)77(85)87-9)50-57(3)92-54-60(6)95-75-38-30-71(31-39-75)79(69-20-16-13-17-21-69,70-28-26-66(27-29-70)65-18-14-12-15-19-65)72-32-40-76(41-33-72)96-61(7)55-94-59(5)53-93-58(4)52-91-56(2)51-83(43-45-90-62(8)84)74-36-24-64(25-37-74)47-68(49-81)78(86)88-10/h12,14-15,18-19,22-41,46-47,56-61,69H,11,13,16-17,20-21,42-45,50-55H2,1-10H3/b67-46+,68-47+. The second-order valence-electron chi connectivity index (χ2n) is 24.5. The zero-order valence-electron chi connectivity index (χ0n) is 57.5. The van der Waals surface area contributed by atoms with Crippen LogP contribution in [-0.4, -0.2) is 141 Å². The van der Waals surface area contributed by atoms with Crippen LogP contribution in [0.4, 0.5) is 11.4 Å². The molecule has 0 bridgehead atoms. The minimum Gasteiger partial charge on any atom is -0.488 e. The fraction of sp³-hybridized carbons (Fsp3) is 0.430. The van der Waals surface area contributed by atoms with Gasteiger partial charge >= 0.3 is 17.9 Å². The van der Waals surface area contributed by atoms with E-state index >= 15 is 0 Å². The van der Waals surface area contributed by atoms with Gasteiger partial charge in [-0.05, 0) is 167 Å². The molecule has 17 heteroatoms. The fourth-order valence-corrected chi connectivity index (χ4v) is 12.1. The lowest BCUT2D eigenvalue weighted by atomic mass is 9.58. The van der Waals surface area contributed by atoms with Gasteiger partial charge in [0.05, 0.1) is 78.2 Å². The summed E-state index contributed by atoms with van der Waals surface area (Å²) in [4.78, 5) is 39.9. The number of nitrogens with zero attached hydrogens (tertiary/aromatic N) is 4. The molecule has 0 spiro atoms. The number of hydrogen-bond donors (Lipinski definition) is 0. The van der Waals surface area contributed by atoms with Crippen molar-refractivity contribution in [2.75, 3.05) is 96.4 Å². The maximum absolute atomic E-state index is 12.0. The maximum Gasteiger partial charge on any atom is 0.348 e. The van der Waals surface area contributed by atoms with Crippen LogP contribution in [-0.2, 0) is 57.7 Å². The van der Waals surface area contributed by atoms with Crippen molar-refractivity contribution in [1.29, 1.82) is 10.5 Å². The molecule has 0 heterocycles. The molecule has 0 amide bonds. The smallest absolute Gasteiger partial charge is 0.348 e. The van der Waals surface area contributed by atoms with Crippen LogP contribution in [0.1, 0.15) is 115 Å². The van der Waals surface area contributed by atoms with E-state index in [1.807, 2.05) is 96.1 Å². The second kappa shape index (κ2) is 38.7. The molecule has 96 heavy (non-hydrogen) atoms. The van der Waals surface area contributed by atoms with Crippen LogP contribution in [0.2, 0.25) is 0 Å². The summed E-state index contributed by atoms with van der Waals surface area (Å²) in [6, 6.07) is 55.9. The molecule has 0 N–H and O–H groups in total. The summed E-state index contributed by atoms with van der Waals surface area (Å²) in [7, 11) is 2.49. The van der Waals surface area contributed by atoms with E-state index in [0.717, 1.165) is 54.1 Å². The van der Waals surface area contributed by atoms with E-state index in [9.17, 15) is 24.9 Å². The monoisotopic (exact) mass is 1310 g/mol. The van der Waals surface area contributed by atoms with Gasteiger partial charge in [-0.15, -0.1) is 0 Å². The summed E-state index contributed by atoms with van der Waals surface area (Å²) in [6.45, 7) is 20.3. The Kier molecular flexibility index (Phi) is 30.0. The summed E-state index contributed by atoms with van der Waals surface area (Å²) >= 11 is 0. The van der Waals surface area contributed by atoms with Crippen LogP contribution >= 0.6 is 0 Å². The molecule has 7 rings (SSSR count). The highest BCUT2D eigenvalue weighted by Crippen LogP contribution is 2.51. The Hall–Kier alpha value is -8.81. The third-order valence-corrected chi connectivity index (χ3v) is 16.9. The van der Waals surface area contributed by atoms with Crippen molar-refractivity contribution >= 4 is 41.4 Å². The first-order valence-electron chi connectivity index (χ1n) is 33.4. The minimum atomic E-state index is -0.706. The second-order valence-corrected chi connectivity index (χ2v) is 24.5. The molecule has 1 aliphatic rings. The van der Waals surface area contributed by atoms with Gasteiger partial charge in [0.2, 0.25) is 0 Å². The van der Waals surface area contributed by atoms with Crippen molar-refractivity contribution in [2.45, 2.75) is 130 Å². The number of methoxy groups -OCH3 is 2. The minimum absolute atomic E-state index is 0.0700. The first-order valence-corrected chi connectivity index (χ1v) is 33.4. The van der Waals surface area contributed by atoms with Gasteiger partial charge in [0.15, 0.2) is 0 Å². The van der Waals surface area contributed by atoms with Crippen LogP contribution in [0.3, 0.4) is 0 Å². The fourth-order valence-electron chi connectivity index (χ4n) is 12.1. The molecule has 6 aromatic carbocycles. The number of nitriles is 2. The molecule has 0 radical (unpaired) electrons. The van der Waals surface area contributed by atoms with Crippen molar-refractivity contribution in [2.24, 2.45) is 5.92 Å². The lowest BCUT2D eigenvalue weighted by Crippen LogP contribution is -2.39. The molecule has 0 aliphatic heterocycles. The highest BCUT2D eigenvalue weighted by atomic mass is 16.6. The van der Waals surface area contributed by atoms with Gasteiger partial charge in [0.1, 0.15) is 53.6 Å². The van der Waals surface area contributed by atoms with Crippen LogP contribution in [0.15, 0.2) is 163 Å². The topological polar surface area (TPSA) is 198 Å². The van der Waals surface area contributed by atoms with Crippen LogP contribution < -0.4 is 19.3 Å². The van der Waals surface area contributed by atoms with Crippen LogP contribution in [0.5, 0.6) is 11.5 Å². The Morgan fingerprint density at radius 1 is 0.510 bits per heavy atom. The largest absolute Gasteiger partial charge is 0.488 e. The molecule has 510 valence electrons. The summed E-state index contributed by atoms with van der Waals surface area (Å²) in [5.74, 6) is 0.0831. The quantitative estimate of drug-likeness (QED) is 0.00885. The Morgan fingerprint density at radius 2 is 0.906 bits per heavy atom. The van der Waals surface area contributed by atoms with Gasteiger partial charge in [-0.1, -0.05) is 122 Å². The van der Waals surface area contributed by atoms with Crippen molar-refractivity contribution < 1.29 is 61.8 Å². The Bertz CT molecular complexity index is 3490. The van der Waals surface area contributed by atoms with Crippen LogP contribution in [0, 0.1) is 28.6 Å². The molecule has 1 aliphatic carbocycles. The van der Waals surface area contributed by atoms with Gasteiger partial charge in [-0.25, -0.2) is 9.59 Å². The highest BCUT2D eigenvalue weighted by Gasteiger charge is 2.44. The Labute approximate surface area is 568 Å². The van der Waals surface area contributed by atoms with E-state index in [-0.39, 0.29) is 60.3 Å². The lowest BCUT2D eigenvalue weighted by Gasteiger charge is -2.45. The van der Waals surface area contributed by atoms with Gasteiger partial charge in [-0.3, -0.25) is 4.79 Å². The average Bonchev–Trinajstić information content (AvgIpc) is 0.735. The number of anilines is 2. The molecular weight excluding hydrogens is 1210 g/mol. The number of benzene rings is 6. The summed E-state index contributed by atoms with van der Waals surface area (Å²) in [6.07, 6.45) is 7.38. The average molecular weight is 1310 g/mol. The van der Waals surface area contributed by atoms with Gasteiger partial charge < -0.3 is 57.2 Å². The number of carbonyl (C=O) groups is 3. The predicted octanol–water partition coefficient (Wildman–Crippen LogP) is 14.2. The number of hydrogen-bond acceptors (Lipinski definition) is 17. The lowest BCUT2D eigenvalue weighted by molar-refractivity contribution is -0.140. The molecular formula is C79H96N4O13. The SMILES string of the molecule is CCOCCN(CC(C)OCC(C)Oc1ccc(C(c2ccc(OC(C)COC(C)COC(C)COC(C)CN(CCOC(C)=O)c3ccc(/C=C(\C#N)C(=O)OC)cc3)cc2)(c2ccc(-c3ccccc3)cc2)C2CCCCC2)cc1)c1ccc(/C=C(\C#N)C(=O)OC)cc1. The summed E-state index contributed by atoms with van der Waals surface area (Å²) < 4.78 is 58.8. The zero-order chi connectivity index (χ0) is 68.8. The van der Waals surface area contributed by atoms with E-state index in [1.54, 1.807) is 12.1 Å². The number of ether oxygens (including phenoxy) is 10. The predicted molar refractivity (Wildman–Crippen MR) is 375 cm³/mol. The number of rotatable bonds is 38. The third-order valence-electron chi connectivity index (χ3n) is 16.9. The van der Waals surface area contributed by atoms with E-state index < -0.39 is 17.4 Å². The van der Waals surface area contributed by atoms with Gasteiger partial charge in [-0.2, -0.15) is 10.5 Å². The van der Waals surface area contributed by atoms with Gasteiger partial charge in [0.25, 0.3) is 0 Å². The first kappa shape index (κ1) is 74.6. The molecule has 0 aromatic heterocycles. The van der Waals surface area contributed by atoms with Crippen molar-refractivity contribution in [1.82, 2.24) is 0 Å². The van der Waals surface area contributed by atoms with Crippen LogP contribution in [0.25, 0.3) is 23.3 Å². The molecule has 1 saturated carbocycles. The van der Waals surface area contributed by atoms with E-state index in [0.29, 0.717) is 82.9 Å². The molecule has 7 atom stereocenters.